The Hall–Kier alpha value is -3.61. The molecule has 1 aliphatic rings. The van der Waals surface area contributed by atoms with E-state index in [2.05, 4.69) is 13.0 Å². The predicted octanol–water partition coefficient (Wildman–Crippen LogP) is 9.27. The molecule has 7 nitrogen and oxygen atoms in total. The van der Waals surface area contributed by atoms with Gasteiger partial charge in [-0.1, -0.05) is 66.7 Å². The molecule has 2 heterocycles. The van der Waals surface area contributed by atoms with Gasteiger partial charge in [0.05, 0.1) is 29.2 Å². The largest absolute Gasteiger partial charge is 0.490 e. The summed E-state index contributed by atoms with van der Waals surface area (Å²) < 4.78 is 24.0. The quantitative estimate of drug-likeness (QED) is 0.103. The van der Waals surface area contributed by atoms with Gasteiger partial charge in [0.1, 0.15) is 28.0 Å². The van der Waals surface area contributed by atoms with Gasteiger partial charge in [0.25, 0.3) is 0 Å². The summed E-state index contributed by atoms with van der Waals surface area (Å²) in [4.78, 5) is 13.3. The van der Waals surface area contributed by atoms with Gasteiger partial charge in [0.2, 0.25) is 5.88 Å². The highest BCUT2D eigenvalue weighted by Crippen LogP contribution is 2.46. The summed E-state index contributed by atoms with van der Waals surface area (Å²) in [5.74, 6) is 0.516. The molecule has 0 radical (unpaired) electrons. The summed E-state index contributed by atoms with van der Waals surface area (Å²) in [5.41, 5.74) is 7.91. The zero-order valence-corrected chi connectivity index (χ0v) is 26.4. The molecule has 1 atom stereocenters. The fourth-order valence-electron chi connectivity index (χ4n) is 4.86. The maximum absolute atomic E-state index is 13.1. The van der Waals surface area contributed by atoms with Gasteiger partial charge in [-0.3, -0.25) is 0 Å². The number of fused-ring (bicyclic) bond motifs is 2. The van der Waals surface area contributed by atoms with Gasteiger partial charge in [0, 0.05) is 26.7 Å². The Morgan fingerprint density at radius 3 is 2.60 bits per heavy atom. The molecule has 4 aromatic rings. The average molecular weight is 658 g/mol. The Balaban J connectivity index is 1.45. The highest BCUT2D eigenvalue weighted by atomic mass is 35.5. The number of nitrogens with zero attached hydrogens (tertiary/aromatic N) is 1. The number of rotatable bonds is 10. The number of allylic oxidation sites excluding steroid dienone is 1. The van der Waals surface area contributed by atoms with E-state index in [1.165, 1.54) is 0 Å². The van der Waals surface area contributed by atoms with Gasteiger partial charge in [-0.05, 0) is 49.2 Å². The number of esters is 1. The van der Waals surface area contributed by atoms with Crippen LogP contribution in [-0.4, -0.2) is 19.2 Å². The summed E-state index contributed by atoms with van der Waals surface area (Å²) >= 11 is 20.1. The van der Waals surface area contributed by atoms with Crippen molar-refractivity contribution in [1.29, 1.82) is 5.26 Å². The highest BCUT2D eigenvalue weighted by Gasteiger charge is 2.32. The first-order valence-electron chi connectivity index (χ1n) is 13.7. The zero-order chi connectivity index (χ0) is 30.7. The lowest BCUT2D eigenvalue weighted by Gasteiger charge is -2.27. The van der Waals surface area contributed by atoms with Crippen LogP contribution in [0.3, 0.4) is 0 Å². The van der Waals surface area contributed by atoms with Crippen molar-refractivity contribution in [2.75, 3.05) is 13.2 Å². The molecule has 0 fully saturated rings. The Labute approximate surface area is 268 Å². The molecule has 43 heavy (non-hydrogen) atoms. The van der Waals surface area contributed by atoms with Crippen LogP contribution < -0.4 is 24.7 Å². The van der Waals surface area contributed by atoms with Crippen LogP contribution in [0.4, 0.5) is 0 Å². The predicted molar refractivity (Wildman–Crippen MR) is 170 cm³/mol. The Kier molecular flexibility index (Phi) is 9.58. The third-order valence-corrected chi connectivity index (χ3v) is 8.97. The maximum atomic E-state index is 13.1. The van der Waals surface area contributed by atoms with Crippen molar-refractivity contribution in [2.24, 2.45) is 5.73 Å². The van der Waals surface area contributed by atoms with E-state index in [4.69, 9.17) is 59.5 Å². The summed E-state index contributed by atoms with van der Waals surface area (Å²) in [6, 6.07) is 16.0. The first-order valence-corrected chi connectivity index (χ1v) is 15.6. The minimum absolute atomic E-state index is 0.0413. The van der Waals surface area contributed by atoms with Crippen molar-refractivity contribution < 1.29 is 23.7 Å². The fourth-order valence-corrected chi connectivity index (χ4v) is 7.11. The van der Waals surface area contributed by atoms with E-state index >= 15 is 0 Å². The number of halogens is 3. The Morgan fingerprint density at radius 2 is 1.86 bits per heavy atom. The minimum Gasteiger partial charge on any atom is -0.490 e. The molecule has 1 aromatic heterocycles. The van der Waals surface area contributed by atoms with Crippen molar-refractivity contribution in [3.8, 4) is 29.1 Å². The number of benzene rings is 3. The van der Waals surface area contributed by atoms with Crippen LogP contribution in [0.15, 0.2) is 60.0 Å². The number of hydrogen-bond acceptors (Lipinski definition) is 8. The molecular weight excluding hydrogens is 631 g/mol. The third kappa shape index (κ3) is 6.36. The van der Waals surface area contributed by atoms with E-state index in [9.17, 15) is 10.1 Å². The van der Waals surface area contributed by atoms with Gasteiger partial charge in [-0.15, -0.1) is 11.3 Å². The van der Waals surface area contributed by atoms with E-state index in [0.29, 0.717) is 56.2 Å². The van der Waals surface area contributed by atoms with Gasteiger partial charge >= 0.3 is 5.97 Å². The van der Waals surface area contributed by atoms with Gasteiger partial charge in [0.15, 0.2) is 11.5 Å². The normalized spacial score (nSPS) is 14.2. The number of carbonyl (C=O) groups excluding carboxylic acids is 1. The standard InChI is InChI=1S/C32H27Cl3N2O5S/c1-3-5-6-11-40-23-10-7-17(12-25(23)39-4-2)27-20-9-8-19(15-24(20)42-31(37)21(27)16-36)41-32(38)30-29(35)28-22(34)13-18(33)14-26(28)43-30/h7-10,12-15,27H,3-6,11,37H2,1-2H3. The van der Waals surface area contributed by atoms with E-state index in [-0.39, 0.29) is 27.1 Å². The van der Waals surface area contributed by atoms with E-state index in [1.807, 2.05) is 25.1 Å². The molecule has 0 spiro atoms. The molecule has 0 bridgehead atoms. The van der Waals surface area contributed by atoms with Crippen LogP contribution in [0.25, 0.3) is 10.1 Å². The molecule has 1 aliphatic heterocycles. The molecular formula is C32H27Cl3N2O5S. The minimum atomic E-state index is -0.664. The number of nitriles is 1. The molecule has 222 valence electrons. The van der Waals surface area contributed by atoms with Crippen LogP contribution >= 0.6 is 46.1 Å². The zero-order valence-electron chi connectivity index (χ0n) is 23.3. The molecule has 1 unspecified atom stereocenters. The Morgan fingerprint density at radius 1 is 1.05 bits per heavy atom. The number of unbranched alkanes of at least 4 members (excludes halogenated alkanes) is 2. The van der Waals surface area contributed by atoms with Gasteiger partial charge in [-0.2, -0.15) is 5.26 Å². The summed E-state index contributed by atoms with van der Waals surface area (Å²) in [6.07, 6.45) is 3.12. The van der Waals surface area contributed by atoms with E-state index < -0.39 is 11.9 Å². The monoisotopic (exact) mass is 656 g/mol. The lowest BCUT2D eigenvalue weighted by Crippen LogP contribution is -2.21. The highest BCUT2D eigenvalue weighted by molar-refractivity contribution is 7.21. The summed E-state index contributed by atoms with van der Waals surface area (Å²) in [7, 11) is 0. The summed E-state index contributed by atoms with van der Waals surface area (Å²) in [5, 5.41) is 11.5. The molecule has 0 saturated heterocycles. The second-order valence-electron chi connectivity index (χ2n) is 9.71. The first kappa shape index (κ1) is 30.8. The molecule has 2 N–H and O–H groups in total. The topological polar surface area (TPSA) is 104 Å². The second kappa shape index (κ2) is 13.4. The van der Waals surface area contributed by atoms with Crippen molar-refractivity contribution >= 4 is 62.2 Å². The smallest absolute Gasteiger partial charge is 0.355 e. The third-order valence-electron chi connectivity index (χ3n) is 6.84. The molecule has 0 saturated carbocycles. The molecule has 0 aliphatic carbocycles. The van der Waals surface area contributed by atoms with Crippen LogP contribution in [0.5, 0.6) is 23.0 Å². The van der Waals surface area contributed by atoms with Crippen LogP contribution in [-0.2, 0) is 0 Å². The number of carbonyl (C=O) groups is 1. The molecule has 5 rings (SSSR count). The van der Waals surface area contributed by atoms with Crippen molar-refractivity contribution in [2.45, 2.75) is 39.0 Å². The number of ether oxygens (including phenoxy) is 4. The molecule has 3 aromatic carbocycles. The van der Waals surface area contributed by atoms with Crippen LogP contribution in [0, 0.1) is 11.3 Å². The van der Waals surface area contributed by atoms with Gasteiger partial charge in [-0.25, -0.2) is 4.79 Å². The van der Waals surface area contributed by atoms with Crippen LogP contribution in [0.1, 0.15) is 59.8 Å². The number of hydrogen-bond donors (Lipinski definition) is 1. The van der Waals surface area contributed by atoms with E-state index in [1.54, 1.807) is 30.3 Å². The second-order valence-corrected chi connectivity index (χ2v) is 12.0. The maximum Gasteiger partial charge on any atom is 0.355 e. The lowest BCUT2D eigenvalue weighted by molar-refractivity contribution is 0.0740. The van der Waals surface area contributed by atoms with Crippen LogP contribution in [0.2, 0.25) is 15.1 Å². The van der Waals surface area contributed by atoms with Crippen molar-refractivity contribution in [1.82, 2.24) is 0 Å². The SMILES string of the molecule is CCCCCOc1ccc(C2C(C#N)=C(N)Oc3cc(OC(=O)c4sc5cc(Cl)cc(Cl)c5c4Cl)ccc32)cc1OCC. The number of thiophene rings is 1. The van der Waals surface area contributed by atoms with E-state index in [0.717, 1.165) is 36.2 Å². The van der Waals surface area contributed by atoms with Crippen molar-refractivity contribution in [3.05, 3.63) is 91.1 Å². The average Bonchev–Trinajstić information content (AvgIpc) is 3.31. The first-order chi connectivity index (χ1) is 20.7. The number of nitrogens with two attached hydrogens (primary N) is 1. The molecule has 0 amide bonds. The fraction of sp³-hybridized carbons (Fsp3) is 0.250. The van der Waals surface area contributed by atoms with Gasteiger partial charge < -0.3 is 24.7 Å². The molecule has 11 heteroatoms. The lowest BCUT2D eigenvalue weighted by atomic mass is 9.83. The summed E-state index contributed by atoms with van der Waals surface area (Å²) in [6.45, 7) is 5.06. The van der Waals surface area contributed by atoms with Crippen molar-refractivity contribution in [3.63, 3.8) is 0 Å². The Bertz CT molecular complexity index is 1780.